The van der Waals surface area contributed by atoms with Gasteiger partial charge in [-0.15, -0.1) is 0 Å². The topological polar surface area (TPSA) is 265 Å². The molecule has 1 aliphatic carbocycles. The number of aliphatic hydroxyl groups is 2. The van der Waals surface area contributed by atoms with Crippen molar-refractivity contribution in [2.75, 3.05) is 11.9 Å². The molecule has 1 aliphatic heterocycles. The highest BCUT2D eigenvalue weighted by molar-refractivity contribution is 6.08. The number of nitrogens with one attached hydrogen (secondary N) is 5. The minimum Gasteiger partial charge on any atom is -0.508 e. The molecule has 1 aromatic heterocycles. The van der Waals surface area contributed by atoms with Crippen LogP contribution >= 0.6 is 0 Å². The van der Waals surface area contributed by atoms with Crippen molar-refractivity contribution < 1.29 is 39.2 Å². The van der Waals surface area contributed by atoms with Crippen LogP contribution in [0.4, 0.5) is 10.5 Å². The quantitative estimate of drug-likeness (QED) is 0.0337. The van der Waals surface area contributed by atoms with Crippen LogP contribution in [-0.2, 0) is 17.6 Å². The maximum Gasteiger partial charge on any atom is 0.336 e. The zero-order valence-corrected chi connectivity index (χ0v) is 32.2. The van der Waals surface area contributed by atoms with E-state index in [1.165, 1.54) is 30.3 Å². The summed E-state index contributed by atoms with van der Waals surface area (Å²) in [5.74, 6) is -0.941. The number of phenols is 1. The molecular formula is C43H47N7O9. The van der Waals surface area contributed by atoms with Crippen molar-refractivity contribution in [2.24, 2.45) is 5.73 Å². The fourth-order valence-electron chi connectivity index (χ4n) is 6.89. The lowest BCUT2D eigenvalue weighted by Crippen LogP contribution is -2.58. The Morgan fingerprint density at radius 2 is 1.69 bits per heavy atom. The first-order valence-electron chi connectivity index (χ1n) is 19.2. The number of carbonyl (C=O) groups excluding carboxylic acids is 2. The number of fused-ring (bicyclic) bond motifs is 2. The van der Waals surface area contributed by atoms with Gasteiger partial charge in [0.05, 0.1) is 23.8 Å². The molecule has 59 heavy (non-hydrogen) atoms. The molecule has 5 atom stereocenters. The number of carboxylic acid groups (broad SMARTS) is 1. The van der Waals surface area contributed by atoms with Gasteiger partial charge in [0.25, 0.3) is 0 Å². The van der Waals surface area contributed by atoms with Gasteiger partial charge in [0, 0.05) is 65.7 Å². The lowest BCUT2D eigenvalue weighted by Gasteiger charge is -2.31. The normalized spacial score (nSPS) is 14.0. The Kier molecular flexibility index (Phi) is 13.7. The zero-order chi connectivity index (χ0) is 42.1. The lowest BCUT2D eigenvalue weighted by atomic mass is 9.90. The molecule has 3 amide bonds. The molecule has 0 unspecified atom stereocenters. The van der Waals surface area contributed by atoms with E-state index in [9.17, 15) is 39.6 Å². The Hall–Kier alpha value is -6.59. The monoisotopic (exact) mass is 805 g/mol. The maximum atomic E-state index is 13.3. The number of phenolic OH excluding ortho intramolecular Hbond substituents is 1. The number of nitrogens with two attached hydrogens (primary N) is 1. The molecule has 16 nitrogen and oxygen atoms in total. The first kappa shape index (κ1) is 42.0. The third kappa shape index (κ3) is 10.9. The number of benzene rings is 4. The number of aromatic hydroxyl groups is 1. The Labute approximate surface area is 338 Å². The molecular weight excluding hydrogens is 759 g/mol. The number of amides is 3. The number of carboxylic acids is 1. The van der Waals surface area contributed by atoms with Crippen molar-refractivity contribution in [1.29, 1.82) is 0 Å². The molecule has 11 N–H and O–H groups in total. The molecule has 0 bridgehead atoms. The fourth-order valence-corrected chi connectivity index (χ4v) is 6.89. The van der Waals surface area contributed by atoms with Crippen LogP contribution in [0.15, 0.2) is 107 Å². The number of aromatic nitrogens is 2. The molecule has 4 aromatic rings. The van der Waals surface area contributed by atoms with Gasteiger partial charge in [-0.1, -0.05) is 36.4 Å². The minimum atomic E-state index is -1.25. The van der Waals surface area contributed by atoms with Crippen molar-refractivity contribution in [3.05, 3.63) is 124 Å². The van der Waals surface area contributed by atoms with Gasteiger partial charge in [-0.25, -0.2) is 14.6 Å². The van der Waals surface area contributed by atoms with Gasteiger partial charge < -0.3 is 51.5 Å². The summed E-state index contributed by atoms with van der Waals surface area (Å²) < 4.78 is 5.88. The predicted molar refractivity (Wildman–Crippen MR) is 221 cm³/mol. The summed E-state index contributed by atoms with van der Waals surface area (Å²) in [4.78, 5) is 58.0. The van der Waals surface area contributed by atoms with Crippen LogP contribution in [0.3, 0.4) is 0 Å². The third-order valence-corrected chi connectivity index (χ3v) is 9.96. The van der Waals surface area contributed by atoms with Gasteiger partial charge in [0.1, 0.15) is 29.1 Å². The summed E-state index contributed by atoms with van der Waals surface area (Å²) in [5, 5.41) is 53.8. The van der Waals surface area contributed by atoms with Gasteiger partial charge in [-0.3, -0.25) is 14.9 Å². The second-order valence-corrected chi connectivity index (χ2v) is 14.4. The first-order valence-corrected chi connectivity index (χ1v) is 19.2. The van der Waals surface area contributed by atoms with Gasteiger partial charge in [0.2, 0.25) is 5.91 Å². The van der Waals surface area contributed by atoms with Crippen LogP contribution in [0.2, 0.25) is 0 Å². The molecule has 0 radical (unpaired) electrons. The molecule has 16 heteroatoms. The number of urea groups is 1. The number of anilines is 1. The van der Waals surface area contributed by atoms with E-state index in [1.807, 2.05) is 30.3 Å². The summed E-state index contributed by atoms with van der Waals surface area (Å²) in [7, 11) is 0. The largest absolute Gasteiger partial charge is 0.508 e. The van der Waals surface area contributed by atoms with Crippen LogP contribution in [0.5, 0.6) is 5.75 Å². The average molecular weight is 806 g/mol. The number of hydrogen-bond acceptors (Lipinski definition) is 11. The van der Waals surface area contributed by atoms with E-state index in [0.29, 0.717) is 60.0 Å². The average Bonchev–Trinajstić information content (AvgIpc) is 3.72. The van der Waals surface area contributed by atoms with Crippen LogP contribution < -0.4 is 32.4 Å². The molecule has 0 saturated carbocycles. The highest BCUT2D eigenvalue weighted by atomic mass is 16.4. The molecule has 2 aliphatic rings. The van der Waals surface area contributed by atoms with Crippen molar-refractivity contribution >= 4 is 34.6 Å². The summed E-state index contributed by atoms with van der Waals surface area (Å²) in [6.07, 6.45) is 3.07. The third-order valence-electron chi connectivity index (χ3n) is 9.96. The fraction of sp³-hybridized carbons (Fsp3) is 0.279. The second-order valence-electron chi connectivity index (χ2n) is 14.4. The van der Waals surface area contributed by atoms with E-state index in [0.717, 1.165) is 5.56 Å². The van der Waals surface area contributed by atoms with Crippen LogP contribution in [0.25, 0.3) is 33.4 Å². The number of rotatable bonds is 18. The van der Waals surface area contributed by atoms with E-state index < -0.39 is 48.4 Å². The van der Waals surface area contributed by atoms with Crippen molar-refractivity contribution in [2.45, 2.75) is 69.5 Å². The minimum absolute atomic E-state index is 0.0689. The number of aliphatic hydroxyl groups excluding tert-OH is 2. The number of carbonyl (C=O) groups is 3. The number of imidazole rings is 1. The molecule has 308 valence electrons. The summed E-state index contributed by atoms with van der Waals surface area (Å²) >= 11 is 0. The predicted octanol–water partition coefficient (Wildman–Crippen LogP) is 3.94. The molecule has 0 fully saturated rings. The maximum absolute atomic E-state index is 13.3. The van der Waals surface area contributed by atoms with Crippen LogP contribution in [0.1, 0.15) is 47.9 Å². The highest BCUT2D eigenvalue weighted by Gasteiger charge is 2.29. The van der Waals surface area contributed by atoms with Gasteiger partial charge in [-0.2, -0.15) is 0 Å². The molecule has 3 aromatic carbocycles. The molecule has 6 rings (SSSR count). The number of aromatic amines is 1. The smallest absolute Gasteiger partial charge is 0.336 e. The van der Waals surface area contributed by atoms with E-state index >= 15 is 0 Å². The Morgan fingerprint density at radius 1 is 0.915 bits per heavy atom. The zero-order valence-electron chi connectivity index (χ0n) is 32.2. The number of aromatic carboxylic acids is 1. The SMILES string of the molecule is C[C@@H](O)[C@H](Cc1ncc[nH]1)N[C@H](O)[C@H](Cc1ccccc1)NC(=O)[C@H](N)CCCCNC(=O)Nc1ccc(-c2c3ccc(=O)cc-3oc3cc(O)ccc23)c(C(=O)O)c1. The molecule has 0 saturated heterocycles. The number of hydrogen-bond donors (Lipinski definition) is 10. The van der Waals surface area contributed by atoms with E-state index in [-0.39, 0.29) is 40.3 Å². The van der Waals surface area contributed by atoms with E-state index in [2.05, 4.69) is 31.2 Å². The lowest BCUT2D eigenvalue weighted by molar-refractivity contribution is -0.124. The summed E-state index contributed by atoms with van der Waals surface area (Å²) in [6, 6.07) is 19.6. The Bertz CT molecular complexity index is 2400. The van der Waals surface area contributed by atoms with Gasteiger partial charge in [-0.05, 0) is 80.1 Å². The number of H-pyrrole nitrogens is 1. The summed E-state index contributed by atoms with van der Waals surface area (Å²) in [6.45, 7) is 1.84. The standard InChI is InChI=1S/C43H47N7O9/c1-24(51)34(23-38-45-17-18-46-38)49-41(55)35(19-25-7-3-2-4-8-25)50-40(54)33(44)9-5-6-16-47-43(58)48-26-10-13-29(32(20-26)42(56)57)39-30-14-11-27(52)21-36(30)59-37-22-28(53)12-15-31(37)39/h2-4,7-8,10-15,17-18,20-22,24,33-35,41,49,51-52,55H,5-6,9,16,19,23,44H2,1H3,(H,45,46)(H,50,54)(H,56,57)(H2,47,48,58)/t24-,33-,34+,35+,41-/m1/s1. The van der Waals surface area contributed by atoms with Gasteiger partial charge in [0.15, 0.2) is 5.43 Å². The highest BCUT2D eigenvalue weighted by Crippen LogP contribution is 2.42. The first-order chi connectivity index (χ1) is 28.4. The molecule has 2 heterocycles. The van der Waals surface area contributed by atoms with Crippen molar-refractivity contribution in [3.8, 4) is 28.2 Å². The van der Waals surface area contributed by atoms with E-state index in [4.69, 9.17) is 10.2 Å². The van der Waals surface area contributed by atoms with E-state index in [1.54, 1.807) is 43.6 Å². The Balaban J connectivity index is 1.03. The van der Waals surface area contributed by atoms with Crippen molar-refractivity contribution in [1.82, 2.24) is 25.9 Å². The summed E-state index contributed by atoms with van der Waals surface area (Å²) in [5.41, 5.74) is 8.48. The van der Waals surface area contributed by atoms with Crippen LogP contribution in [0, 0.1) is 0 Å². The second kappa shape index (κ2) is 19.2. The number of unbranched alkanes of at least 4 members (excludes halogenated alkanes) is 1. The molecule has 0 spiro atoms. The number of nitrogens with zero attached hydrogens (tertiary/aromatic N) is 1. The van der Waals surface area contributed by atoms with Crippen molar-refractivity contribution in [3.63, 3.8) is 0 Å². The van der Waals surface area contributed by atoms with Crippen LogP contribution in [-0.4, -0.2) is 85.3 Å². The Morgan fingerprint density at radius 3 is 2.42 bits per heavy atom. The van der Waals surface area contributed by atoms with Gasteiger partial charge >= 0.3 is 12.0 Å².